The zero-order valence-electron chi connectivity index (χ0n) is 15.9. The van der Waals surface area contributed by atoms with Gasteiger partial charge in [-0.25, -0.2) is 14.4 Å². The normalized spacial score (nSPS) is 16.1. The lowest BCUT2D eigenvalue weighted by Crippen LogP contribution is -2.33. The molecule has 2 aromatic heterocycles. The van der Waals surface area contributed by atoms with Gasteiger partial charge in [0.2, 0.25) is 5.89 Å². The minimum atomic E-state index is -0.308. The molecule has 6 heteroatoms. The average Bonchev–Trinajstić information content (AvgIpc) is 3.30. The zero-order chi connectivity index (χ0) is 18.8. The van der Waals surface area contributed by atoms with Crippen molar-refractivity contribution in [3.05, 3.63) is 59.8 Å². The molecule has 0 radical (unpaired) electrons. The van der Waals surface area contributed by atoms with Crippen LogP contribution in [0.5, 0.6) is 0 Å². The van der Waals surface area contributed by atoms with Gasteiger partial charge in [0.25, 0.3) is 0 Å². The van der Waals surface area contributed by atoms with Crippen LogP contribution in [-0.2, 0) is 13.1 Å². The molecular formula is C21H25FN4O. The Labute approximate surface area is 158 Å². The van der Waals surface area contributed by atoms with Crippen molar-refractivity contribution in [3.63, 3.8) is 0 Å². The number of halogens is 1. The van der Waals surface area contributed by atoms with Gasteiger partial charge in [0.15, 0.2) is 0 Å². The second-order valence-corrected chi connectivity index (χ2v) is 7.12. The standard InChI is InChI=1S/C21H25FN4O/c1-3-26-13-10-23-20(26)16-8-11-25(12-9-16)14-19-15(2)27-21(24-19)17-6-4-5-7-18(17)22/h4-7,10,13,16H,3,8-9,11-12,14H2,1-2H3. The first-order chi connectivity index (χ1) is 13.2. The molecule has 0 aliphatic carbocycles. The Morgan fingerprint density at radius 2 is 2.00 bits per heavy atom. The van der Waals surface area contributed by atoms with E-state index in [0.717, 1.165) is 50.5 Å². The van der Waals surface area contributed by atoms with E-state index < -0.39 is 0 Å². The molecule has 27 heavy (non-hydrogen) atoms. The van der Waals surface area contributed by atoms with E-state index in [1.807, 2.05) is 13.1 Å². The third-order valence-corrected chi connectivity index (χ3v) is 5.41. The molecule has 142 valence electrons. The van der Waals surface area contributed by atoms with Crippen LogP contribution in [0.1, 0.15) is 43.0 Å². The average molecular weight is 368 g/mol. The summed E-state index contributed by atoms with van der Waals surface area (Å²) in [6.07, 6.45) is 6.14. The van der Waals surface area contributed by atoms with Gasteiger partial charge < -0.3 is 8.98 Å². The van der Waals surface area contributed by atoms with Gasteiger partial charge in [-0.05, 0) is 51.9 Å². The Morgan fingerprint density at radius 1 is 1.22 bits per heavy atom. The van der Waals surface area contributed by atoms with E-state index in [1.54, 1.807) is 18.2 Å². The minimum absolute atomic E-state index is 0.308. The first-order valence-electron chi connectivity index (χ1n) is 9.60. The number of piperidine rings is 1. The predicted molar refractivity (Wildman–Crippen MR) is 102 cm³/mol. The van der Waals surface area contributed by atoms with Crippen molar-refractivity contribution < 1.29 is 8.81 Å². The molecule has 4 rings (SSSR count). The third-order valence-electron chi connectivity index (χ3n) is 5.41. The van der Waals surface area contributed by atoms with Gasteiger partial charge in [-0.15, -0.1) is 0 Å². The van der Waals surface area contributed by atoms with Gasteiger partial charge in [-0.1, -0.05) is 12.1 Å². The number of aryl methyl sites for hydroxylation is 2. The highest BCUT2D eigenvalue weighted by molar-refractivity contribution is 5.54. The van der Waals surface area contributed by atoms with E-state index in [-0.39, 0.29) is 5.82 Å². The first-order valence-corrected chi connectivity index (χ1v) is 9.60. The van der Waals surface area contributed by atoms with E-state index in [4.69, 9.17) is 4.42 Å². The largest absolute Gasteiger partial charge is 0.441 e. The maximum atomic E-state index is 14.0. The highest BCUT2D eigenvalue weighted by Gasteiger charge is 2.25. The maximum Gasteiger partial charge on any atom is 0.229 e. The maximum absolute atomic E-state index is 14.0. The SMILES string of the molecule is CCn1ccnc1C1CCN(Cc2nc(-c3ccccc3F)oc2C)CC1. The monoisotopic (exact) mass is 368 g/mol. The van der Waals surface area contributed by atoms with Crippen LogP contribution in [0.4, 0.5) is 4.39 Å². The van der Waals surface area contributed by atoms with E-state index in [2.05, 4.69) is 32.6 Å². The van der Waals surface area contributed by atoms with Crippen LogP contribution in [0.3, 0.4) is 0 Å². The molecule has 0 bridgehead atoms. The number of imidazole rings is 1. The summed E-state index contributed by atoms with van der Waals surface area (Å²) in [5, 5.41) is 0. The van der Waals surface area contributed by atoms with Gasteiger partial charge in [0, 0.05) is 31.4 Å². The van der Waals surface area contributed by atoms with Gasteiger partial charge in [0.1, 0.15) is 17.4 Å². The number of rotatable bonds is 5. The molecule has 1 aromatic carbocycles. The van der Waals surface area contributed by atoms with E-state index in [9.17, 15) is 4.39 Å². The molecule has 0 spiro atoms. The van der Waals surface area contributed by atoms with Crippen molar-refractivity contribution >= 4 is 0 Å². The molecule has 0 atom stereocenters. The minimum Gasteiger partial charge on any atom is -0.441 e. The molecule has 1 aliphatic rings. The topological polar surface area (TPSA) is 47.1 Å². The molecular weight excluding hydrogens is 343 g/mol. The van der Waals surface area contributed by atoms with Crippen molar-refractivity contribution in [3.8, 4) is 11.5 Å². The first kappa shape index (κ1) is 17.9. The van der Waals surface area contributed by atoms with Crippen molar-refractivity contribution in [1.29, 1.82) is 0 Å². The molecule has 5 nitrogen and oxygen atoms in total. The Hall–Kier alpha value is -2.47. The number of likely N-dealkylation sites (tertiary alicyclic amines) is 1. The summed E-state index contributed by atoms with van der Waals surface area (Å²) in [4.78, 5) is 11.5. The van der Waals surface area contributed by atoms with E-state index in [0.29, 0.717) is 17.4 Å². The summed E-state index contributed by atoms with van der Waals surface area (Å²) >= 11 is 0. The summed E-state index contributed by atoms with van der Waals surface area (Å²) in [6.45, 7) is 7.76. The second kappa shape index (κ2) is 7.64. The Morgan fingerprint density at radius 3 is 2.74 bits per heavy atom. The highest BCUT2D eigenvalue weighted by Crippen LogP contribution is 2.29. The Bertz CT molecular complexity index is 909. The predicted octanol–water partition coefficient (Wildman–Crippen LogP) is 4.39. The number of nitrogens with zero attached hydrogens (tertiary/aromatic N) is 4. The van der Waals surface area contributed by atoms with Crippen molar-refractivity contribution in [2.45, 2.75) is 45.7 Å². The van der Waals surface area contributed by atoms with Crippen LogP contribution >= 0.6 is 0 Å². The molecule has 1 fully saturated rings. The van der Waals surface area contributed by atoms with Crippen LogP contribution in [0.25, 0.3) is 11.5 Å². The van der Waals surface area contributed by atoms with Crippen molar-refractivity contribution in [1.82, 2.24) is 19.4 Å². The number of benzene rings is 1. The summed E-state index contributed by atoms with van der Waals surface area (Å²) in [6, 6.07) is 6.59. The number of hydrogen-bond donors (Lipinski definition) is 0. The summed E-state index contributed by atoms with van der Waals surface area (Å²) < 4.78 is 22.0. The fourth-order valence-corrected chi connectivity index (χ4v) is 3.83. The molecule has 0 saturated carbocycles. The Kier molecular flexibility index (Phi) is 5.07. The van der Waals surface area contributed by atoms with Crippen LogP contribution in [0.2, 0.25) is 0 Å². The molecule has 3 aromatic rings. The van der Waals surface area contributed by atoms with Crippen LogP contribution < -0.4 is 0 Å². The summed E-state index contributed by atoms with van der Waals surface area (Å²) in [7, 11) is 0. The van der Waals surface area contributed by atoms with E-state index >= 15 is 0 Å². The fourth-order valence-electron chi connectivity index (χ4n) is 3.83. The van der Waals surface area contributed by atoms with Gasteiger partial charge >= 0.3 is 0 Å². The lowest BCUT2D eigenvalue weighted by atomic mass is 9.95. The molecule has 1 saturated heterocycles. The Balaban J connectivity index is 1.42. The van der Waals surface area contributed by atoms with Crippen molar-refractivity contribution in [2.75, 3.05) is 13.1 Å². The van der Waals surface area contributed by atoms with Crippen LogP contribution in [-0.4, -0.2) is 32.5 Å². The molecule has 0 amide bonds. The molecule has 3 heterocycles. The molecule has 0 N–H and O–H groups in total. The van der Waals surface area contributed by atoms with Crippen LogP contribution in [0, 0.1) is 12.7 Å². The summed E-state index contributed by atoms with van der Waals surface area (Å²) in [5.74, 6) is 2.54. The van der Waals surface area contributed by atoms with Gasteiger partial charge in [-0.3, -0.25) is 4.90 Å². The van der Waals surface area contributed by atoms with Gasteiger partial charge in [-0.2, -0.15) is 0 Å². The van der Waals surface area contributed by atoms with Gasteiger partial charge in [0.05, 0.1) is 11.3 Å². The molecule has 0 unspecified atom stereocenters. The lowest BCUT2D eigenvalue weighted by Gasteiger charge is -2.31. The van der Waals surface area contributed by atoms with E-state index in [1.165, 1.54) is 11.9 Å². The second-order valence-electron chi connectivity index (χ2n) is 7.12. The highest BCUT2D eigenvalue weighted by atomic mass is 19.1. The third kappa shape index (κ3) is 3.67. The molecule has 1 aliphatic heterocycles. The lowest BCUT2D eigenvalue weighted by molar-refractivity contribution is 0.197. The van der Waals surface area contributed by atoms with Crippen LogP contribution in [0.15, 0.2) is 41.1 Å². The number of hydrogen-bond acceptors (Lipinski definition) is 4. The fraction of sp³-hybridized carbons (Fsp3) is 0.429. The number of oxazole rings is 1. The summed E-state index contributed by atoms with van der Waals surface area (Å²) in [5.41, 5.74) is 1.30. The van der Waals surface area contributed by atoms with Crippen molar-refractivity contribution in [2.24, 2.45) is 0 Å². The zero-order valence-corrected chi connectivity index (χ0v) is 15.9. The number of aromatic nitrogens is 3. The quantitative estimate of drug-likeness (QED) is 0.670. The smallest absolute Gasteiger partial charge is 0.229 e.